The van der Waals surface area contributed by atoms with E-state index in [2.05, 4.69) is 12.2 Å². The smallest absolute Gasteiger partial charge is 0.235 e. The highest BCUT2D eigenvalue weighted by Gasteiger charge is 2.21. The predicted octanol–water partition coefficient (Wildman–Crippen LogP) is 2.64. The van der Waals surface area contributed by atoms with Gasteiger partial charge >= 0.3 is 0 Å². The summed E-state index contributed by atoms with van der Waals surface area (Å²) in [5, 5.41) is 2.40. The Balaban J connectivity index is 2.59. The summed E-state index contributed by atoms with van der Waals surface area (Å²) in [4.78, 5) is 12.1. The normalized spacial score (nSPS) is 15.0. The average Bonchev–Trinajstić information content (AvgIpc) is 2.46. The number of hydrogen-bond acceptors (Lipinski definition) is 3. The average molecular weight is 311 g/mol. The number of nitrogens with one attached hydrogen (secondary N) is 1. The summed E-state index contributed by atoms with van der Waals surface area (Å²) < 4.78 is 17.4. The predicted molar refractivity (Wildman–Crippen MR) is 86.8 cm³/mol. The Kier molecular flexibility index (Phi) is 7.43. The molecule has 0 saturated heterocycles. The summed E-state index contributed by atoms with van der Waals surface area (Å²) >= 11 is 0. The zero-order chi connectivity index (χ0) is 15.8. The van der Waals surface area contributed by atoms with E-state index in [4.69, 9.17) is 4.74 Å². The van der Waals surface area contributed by atoms with Crippen molar-refractivity contribution in [3.8, 4) is 5.75 Å². The van der Waals surface area contributed by atoms with Crippen molar-refractivity contribution in [2.24, 2.45) is 0 Å². The highest BCUT2D eigenvalue weighted by Crippen LogP contribution is 2.15. The van der Waals surface area contributed by atoms with Gasteiger partial charge in [0.2, 0.25) is 5.91 Å². The van der Waals surface area contributed by atoms with Crippen molar-refractivity contribution >= 4 is 16.7 Å². The maximum atomic E-state index is 12.3. The molecular weight excluding hydrogens is 286 g/mol. The molecular formula is C16H25NO3S. The molecule has 4 nitrogen and oxygen atoms in total. The molecule has 1 aromatic rings. The Morgan fingerprint density at radius 1 is 1.38 bits per heavy atom. The van der Waals surface area contributed by atoms with E-state index < -0.39 is 16.0 Å². The maximum absolute atomic E-state index is 12.3. The Labute approximate surface area is 129 Å². The molecule has 0 heterocycles. The molecule has 0 spiro atoms. The van der Waals surface area contributed by atoms with Crippen LogP contribution >= 0.6 is 0 Å². The van der Waals surface area contributed by atoms with Gasteiger partial charge in [0.15, 0.2) is 0 Å². The minimum Gasteiger partial charge on any atom is -0.497 e. The van der Waals surface area contributed by atoms with Gasteiger partial charge in [-0.05, 0) is 38.0 Å². The van der Waals surface area contributed by atoms with Gasteiger partial charge in [-0.2, -0.15) is 0 Å². The fourth-order valence-electron chi connectivity index (χ4n) is 2.04. The van der Waals surface area contributed by atoms with Gasteiger partial charge in [-0.15, -0.1) is 0 Å². The molecule has 118 valence electrons. The molecule has 0 saturated carbocycles. The number of ether oxygens (including phenoxy) is 1. The van der Waals surface area contributed by atoms with Gasteiger partial charge in [-0.3, -0.25) is 9.00 Å². The molecule has 21 heavy (non-hydrogen) atoms. The fourth-order valence-corrected chi connectivity index (χ4v) is 3.10. The SMILES string of the molecule is CCC[C@H](C)NC(=O)[C@H](C)[S@@](=O)Cc1cccc(OC)c1. The second-order valence-electron chi connectivity index (χ2n) is 5.22. The molecule has 3 atom stereocenters. The molecule has 0 aromatic heterocycles. The number of carbonyl (C=O) groups is 1. The highest BCUT2D eigenvalue weighted by atomic mass is 32.2. The molecule has 0 aliphatic carbocycles. The number of rotatable bonds is 8. The minimum absolute atomic E-state index is 0.124. The first-order valence-electron chi connectivity index (χ1n) is 7.28. The lowest BCUT2D eigenvalue weighted by Crippen LogP contribution is -2.40. The summed E-state index contributed by atoms with van der Waals surface area (Å²) in [5.74, 6) is 0.948. The third-order valence-corrected chi connectivity index (χ3v) is 4.94. The molecule has 0 bridgehead atoms. The van der Waals surface area contributed by atoms with Gasteiger partial charge < -0.3 is 10.1 Å². The third-order valence-electron chi connectivity index (χ3n) is 3.32. The van der Waals surface area contributed by atoms with Crippen LogP contribution in [-0.2, 0) is 21.3 Å². The van der Waals surface area contributed by atoms with E-state index in [1.165, 1.54) is 0 Å². The van der Waals surface area contributed by atoms with Gasteiger partial charge in [0.25, 0.3) is 0 Å². The second kappa shape index (κ2) is 8.82. The summed E-state index contributed by atoms with van der Waals surface area (Å²) in [6.45, 7) is 5.76. The topological polar surface area (TPSA) is 55.4 Å². The first-order chi connectivity index (χ1) is 9.97. The first-order valence-corrected chi connectivity index (χ1v) is 8.66. The number of hydrogen-bond donors (Lipinski definition) is 1. The molecule has 1 N–H and O–H groups in total. The van der Waals surface area contributed by atoms with Crippen LogP contribution in [0.2, 0.25) is 0 Å². The van der Waals surface area contributed by atoms with Crippen molar-refractivity contribution in [2.45, 2.75) is 50.7 Å². The second-order valence-corrected chi connectivity index (χ2v) is 6.97. The highest BCUT2D eigenvalue weighted by molar-refractivity contribution is 7.85. The summed E-state index contributed by atoms with van der Waals surface area (Å²) in [7, 11) is 0.354. The van der Waals surface area contributed by atoms with Crippen LogP contribution in [0.15, 0.2) is 24.3 Å². The molecule has 0 radical (unpaired) electrons. The van der Waals surface area contributed by atoms with Gasteiger partial charge in [0.05, 0.1) is 7.11 Å². The Bertz CT molecular complexity index is 490. The molecule has 5 heteroatoms. The van der Waals surface area contributed by atoms with Crippen molar-refractivity contribution in [1.29, 1.82) is 0 Å². The minimum atomic E-state index is -1.24. The lowest BCUT2D eigenvalue weighted by molar-refractivity contribution is -0.121. The van der Waals surface area contributed by atoms with E-state index in [1.54, 1.807) is 14.0 Å². The molecule has 1 rings (SSSR count). The van der Waals surface area contributed by atoms with E-state index in [9.17, 15) is 9.00 Å². The fraction of sp³-hybridized carbons (Fsp3) is 0.562. The Hall–Kier alpha value is -1.36. The Morgan fingerprint density at radius 3 is 2.71 bits per heavy atom. The lowest BCUT2D eigenvalue weighted by atomic mass is 10.2. The summed E-state index contributed by atoms with van der Waals surface area (Å²) in [6.07, 6.45) is 1.95. The number of carbonyl (C=O) groups excluding carboxylic acids is 1. The molecule has 0 fully saturated rings. The summed E-state index contributed by atoms with van der Waals surface area (Å²) in [5.41, 5.74) is 0.911. The van der Waals surface area contributed by atoms with E-state index in [-0.39, 0.29) is 11.9 Å². The van der Waals surface area contributed by atoms with Crippen LogP contribution in [0.3, 0.4) is 0 Å². The van der Waals surface area contributed by atoms with E-state index >= 15 is 0 Å². The van der Waals surface area contributed by atoms with E-state index in [1.807, 2.05) is 31.2 Å². The van der Waals surface area contributed by atoms with Gasteiger partial charge in [-0.1, -0.05) is 25.5 Å². The third kappa shape index (κ3) is 5.87. The van der Waals surface area contributed by atoms with Crippen LogP contribution in [-0.4, -0.2) is 28.5 Å². The quantitative estimate of drug-likeness (QED) is 0.803. The molecule has 0 aliphatic heterocycles. The van der Waals surface area contributed by atoms with E-state index in [0.29, 0.717) is 5.75 Å². The molecule has 1 aromatic carbocycles. The van der Waals surface area contributed by atoms with Crippen molar-refractivity contribution < 1.29 is 13.7 Å². The molecule has 0 aliphatic rings. The maximum Gasteiger partial charge on any atom is 0.235 e. The van der Waals surface area contributed by atoms with Crippen LogP contribution in [0.5, 0.6) is 5.75 Å². The van der Waals surface area contributed by atoms with Crippen LogP contribution in [0, 0.1) is 0 Å². The van der Waals surface area contributed by atoms with Gasteiger partial charge in [-0.25, -0.2) is 0 Å². The van der Waals surface area contributed by atoms with Crippen molar-refractivity contribution in [3.63, 3.8) is 0 Å². The number of amides is 1. The van der Waals surface area contributed by atoms with Crippen molar-refractivity contribution in [2.75, 3.05) is 7.11 Å². The van der Waals surface area contributed by atoms with Gasteiger partial charge in [0.1, 0.15) is 11.0 Å². The number of benzene rings is 1. The van der Waals surface area contributed by atoms with Crippen LogP contribution in [0.4, 0.5) is 0 Å². The monoisotopic (exact) mass is 311 g/mol. The number of methoxy groups -OCH3 is 1. The van der Waals surface area contributed by atoms with E-state index in [0.717, 1.165) is 24.2 Å². The molecule has 0 unspecified atom stereocenters. The van der Waals surface area contributed by atoms with Crippen LogP contribution in [0.25, 0.3) is 0 Å². The van der Waals surface area contributed by atoms with Crippen LogP contribution in [0.1, 0.15) is 39.2 Å². The van der Waals surface area contributed by atoms with Crippen molar-refractivity contribution in [3.05, 3.63) is 29.8 Å². The standard InChI is InChI=1S/C16H25NO3S/c1-5-7-12(2)17-16(18)13(3)21(19)11-14-8-6-9-15(10-14)20-4/h6,8-10,12-13H,5,7,11H2,1-4H3,(H,17,18)/t12-,13-,21-/m0/s1. The lowest BCUT2D eigenvalue weighted by Gasteiger charge is -2.17. The van der Waals surface area contributed by atoms with Crippen LogP contribution < -0.4 is 10.1 Å². The molecule has 1 amide bonds. The Morgan fingerprint density at radius 2 is 2.10 bits per heavy atom. The summed E-state index contributed by atoms with van der Waals surface area (Å²) in [6, 6.07) is 7.57. The zero-order valence-corrected chi connectivity index (χ0v) is 14.0. The largest absolute Gasteiger partial charge is 0.497 e. The van der Waals surface area contributed by atoms with Gasteiger partial charge in [0, 0.05) is 22.6 Å². The zero-order valence-electron chi connectivity index (χ0n) is 13.2. The van der Waals surface area contributed by atoms with Crippen molar-refractivity contribution in [1.82, 2.24) is 5.32 Å². The first kappa shape index (κ1) is 17.7.